The Bertz CT molecular complexity index is 1390. The highest BCUT2D eigenvalue weighted by Gasteiger charge is 2.55. The average molecular weight is 473 g/mol. The van der Waals surface area contributed by atoms with Crippen LogP contribution in [0.4, 0.5) is 13.2 Å². The first-order chi connectivity index (χ1) is 16.2. The van der Waals surface area contributed by atoms with Crippen LogP contribution in [0, 0.1) is 28.8 Å². The maximum Gasteiger partial charge on any atom is 0.326 e. The van der Waals surface area contributed by atoms with E-state index < -0.39 is 28.7 Å². The number of nitrogens with zero attached hydrogens (tertiary/aromatic N) is 1. The van der Waals surface area contributed by atoms with E-state index in [4.69, 9.17) is 0 Å². The van der Waals surface area contributed by atoms with Crippen LogP contribution >= 0.6 is 0 Å². The van der Waals surface area contributed by atoms with E-state index in [1.165, 1.54) is 37.5 Å². The van der Waals surface area contributed by atoms with Crippen molar-refractivity contribution in [1.82, 2.24) is 14.9 Å². The fourth-order valence-corrected chi connectivity index (χ4v) is 5.43. The summed E-state index contributed by atoms with van der Waals surface area (Å²) in [6.45, 7) is 0.861. The topological polar surface area (TPSA) is 86.0 Å². The van der Waals surface area contributed by atoms with Crippen LogP contribution in [-0.2, 0) is 17.8 Å². The van der Waals surface area contributed by atoms with Crippen LogP contribution in [0.15, 0.2) is 39.9 Å². The average Bonchev–Trinajstić information content (AvgIpc) is 2.72. The van der Waals surface area contributed by atoms with Gasteiger partial charge >= 0.3 is 5.69 Å². The van der Waals surface area contributed by atoms with Crippen LogP contribution in [-0.4, -0.2) is 27.3 Å². The standard InChI is InChI=1S/C17H19F2NO.C8H5FN2O2.H2/c18-13-5-12-2-4-20(10-14(12)15(19)6-13)16(21)1-3-17-7-11(8-17)9-17;9-4-1-2-6-5(3-4)7(12)11-8(13)10-6;/h5-6,11H,1-4,7-10H2;1-3H,(H2,10,11,12,13);1H. The van der Waals surface area contributed by atoms with Crippen molar-refractivity contribution in [3.8, 4) is 0 Å². The molecule has 0 spiro atoms. The lowest BCUT2D eigenvalue weighted by Gasteiger charge is -2.62. The largest absolute Gasteiger partial charge is 0.338 e. The Morgan fingerprint density at radius 2 is 1.82 bits per heavy atom. The first kappa shape index (κ1) is 22.4. The van der Waals surface area contributed by atoms with Crippen LogP contribution < -0.4 is 11.2 Å². The number of halogens is 3. The summed E-state index contributed by atoms with van der Waals surface area (Å²) < 4.78 is 39.7. The van der Waals surface area contributed by atoms with E-state index in [2.05, 4.69) is 4.98 Å². The Morgan fingerprint density at radius 1 is 1.06 bits per heavy atom. The highest BCUT2D eigenvalue weighted by Crippen LogP contribution is 2.66. The zero-order chi connectivity index (χ0) is 24.0. The number of aromatic amines is 2. The van der Waals surface area contributed by atoms with Gasteiger partial charge in [0.05, 0.1) is 10.9 Å². The fourth-order valence-electron chi connectivity index (χ4n) is 5.43. The summed E-state index contributed by atoms with van der Waals surface area (Å²) >= 11 is 0. The van der Waals surface area contributed by atoms with Gasteiger partial charge in [0.25, 0.3) is 5.56 Å². The fraction of sp³-hybridized carbons (Fsp3) is 0.400. The second kappa shape index (κ2) is 8.45. The van der Waals surface area contributed by atoms with Crippen LogP contribution in [0.2, 0.25) is 0 Å². The molecule has 2 aromatic carbocycles. The summed E-state index contributed by atoms with van der Waals surface area (Å²) in [6, 6.07) is 5.90. The van der Waals surface area contributed by atoms with E-state index in [1.807, 2.05) is 4.98 Å². The number of hydrogen-bond donors (Lipinski definition) is 2. The number of amides is 1. The Hall–Kier alpha value is -3.36. The number of rotatable bonds is 3. The normalized spacial score (nSPS) is 22.2. The second-order valence-electron chi connectivity index (χ2n) is 9.67. The van der Waals surface area contributed by atoms with Crippen LogP contribution in [0.3, 0.4) is 0 Å². The number of benzene rings is 2. The molecule has 1 aromatic heterocycles. The van der Waals surface area contributed by atoms with Crippen molar-refractivity contribution in [3.63, 3.8) is 0 Å². The maximum atomic E-state index is 13.8. The predicted molar refractivity (Wildman–Crippen MR) is 122 cm³/mol. The highest BCUT2D eigenvalue weighted by atomic mass is 19.1. The van der Waals surface area contributed by atoms with Crippen molar-refractivity contribution >= 4 is 16.8 Å². The quantitative estimate of drug-likeness (QED) is 0.602. The van der Waals surface area contributed by atoms with Gasteiger partial charge in [0, 0.05) is 32.6 Å². The lowest BCUT2D eigenvalue weighted by atomic mass is 9.43. The van der Waals surface area contributed by atoms with Gasteiger partial charge in [-0.25, -0.2) is 18.0 Å². The van der Waals surface area contributed by atoms with Crippen molar-refractivity contribution < 1.29 is 19.4 Å². The van der Waals surface area contributed by atoms with Crippen molar-refractivity contribution in [2.24, 2.45) is 11.3 Å². The highest BCUT2D eigenvalue weighted by molar-refractivity contribution is 5.77. The van der Waals surface area contributed by atoms with Crippen LogP contribution in [0.5, 0.6) is 0 Å². The van der Waals surface area contributed by atoms with E-state index >= 15 is 0 Å². The zero-order valence-corrected chi connectivity index (χ0v) is 18.4. The van der Waals surface area contributed by atoms with Crippen LogP contribution in [0.1, 0.15) is 44.7 Å². The Kier molecular flexibility index (Phi) is 5.58. The van der Waals surface area contributed by atoms with Gasteiger partial charge in [-0.15, -0.1) is 0 Å². The molecule has 2 bridgehead atoms. The van der Waals surface area contributed by atoms with Gasteiger partial charge in [0.2, 0.25) is 5.91 Å². The molecule has 0 saturated heterocycles. The molecule has 9 heteroatoms. The molecule has 0 atom stereocenters. The minimum absolute atomic E-state index is 0. The molecule has 3 aliphatic carbocycles. The molecule has 0 radical (unpaired) electrons. The molecule has 2 N–H and O–H groups in total. The number of carbonyl (C=O) groups is 1. The number of carbonyl (C=O) groups excluding carboxylic acids is 1. The third-order valence-electron chi connectivity index (χ3n) is 7.34. The van der Waals surface area contributed by atoms with Crippen LogP contribution in [0.25, 0.3) is 10.9 Å². The molecule has 2 heterocycles. The molecule has 1 aliphatic heterocycles. The van der Waals surface area contributed by atoms with Gasteiger partial charge in [0.1, 0.15) is 17.5 Å². The molecule has 0 unspecified atom stereocenters. The first-order valence-corrected chi connectivity index (χ1v) is 11.4. The van der Waals surface area contributed by atoms with Gasteiger partial charge in [-0.05, 0) is 73.3 Å². The number of aromatic nitrogens is 2. The summed E-state index contributed by atoms with van der Waals surface area (Å²) in [5, 5.41) is 0.139. The summed E-state index contributed by atoms with van der Waals surface area (Å²) in [4.78, 5) is 40.3. The molecule has 3 aromatic rings. The number of fused-ring (bicyclic) bond motifs is 2. The molecular formula is C25H26F3N3O3. The Balaban J connectivity index is 0.000000179. The van der Waals surface area contributed by atoms with Crippen molar-refractivity contribution in [3.05, 3.63) is 79.7 Å². The van der Waals surface area contributed by atoms with E-state index in [0.29, 0.717) is 41.4 Å². The molecule has 3 saturated carbocycles. The molecule has 180 valence electrons. The third-order valence-corrected chi connectivity index (χ3v) is 7.34. The van der Waals surface area contributed by atoms with E-state index in [0.717, 1.165) is 24.5 Å². The molecular weight excluding hydrogens is 447 g/mol. The SMILES string of the molecule is O=C(CCC12CC(C1)C2)N1CCc2cc(F)cc(F)c2C1.O=c1[nH]c(=O)c2cc(F)ccc2[nH]1.[HH]. The molecule has 7 rings (SSSR count). The Labute approximate surface area is 194 Å². The third kappa shape index (κ3) is 4.26. The Morgan fingerprint density at radius 3 is 2.53 bits per heavy atom. The van der Waals surface area contributed by atoms with E-state index in [1.54, 1.807) is 4.90 Å². The summed E-state index contributed by atoms with van der Waals surface area (Å²) in [5.41, 5.74) is 0.817. The van der Waals surface area contributed by atoms with Gasteiger partial charge in [-0.1, -0.05) is 0 Å². The van der Waals surface area contributed by atoms with Gasteiger partial charge in [-0.2, -0.15) is 0 Å². The van der Waals surface area contributed by atoms with Gasteiger partial charge in [0.15, 0.2) is 0 Å². The van der Waals surface area contributed by atoms with Gasteiger partial charge < -0.3 is 9.88 Å². The number of H-pyrrole nitrogens is 2. The minimum atomic E-state index is -0.593. The van der Waals surface area contributed by atoms with Crippen molar-refractivity contribution in [2.75, 3.05) is 6.54 Å². The summed E-state index contributed by atoms with van der Waals surface area (Å²) in [5.74, 6) is -0.512. The van der Waals surface area contributed by atoms with Gasteiger partial charge in [-0.3, -0.25) is 14.6 Å². The van der Waals surface area contributed by atoms with Crippen molar-refractivity contribution in [2.45, 2.75) is 45.1 Å². The molecule has 4 aliphatic rings. The zero-order valence-electron chi connectivity index (χ0n) is 18.4. The molecule has 6 nitrogen and oxygen atoms in total. The summed E-state index contributed by atoms with van der Waals surface area (Å²) in [6.07, 6.45) is 6.01. The lowest BCUT2D eigenvalue weighted by molar-refractivity contribution is -0.140. The van der Waals surface area contributed by atoms with Crippen molar-refractivity contribution in [1.29, 1.82) is 0 Å². The molecule has 1 amide bonds. The number of hydrogen-bond acceptors (Lipinski definition) is 3. The first-order valence-electron chi connectivity index (χ1n) is 11.4. The predicted octanol–water partition coefficient (Wildman–Crippen LogP) is 4.03. The number of nitrogens with one attached hydrogen (secondary N) is 2. The second-order valence-corrected chi connectivity index (χ2v) is 9.67. The summed E-state index contributed by atoms with van der Waals surface area (Å²) in [7, 11) is 0. The van der Waals surface area contributed by atoms with E-state index in [-0.39, 0.29) is 19.3 Å². The van der Waals surface area contributed by atoms with E-state index in [9.17, 15) is 27.6 Å². The minimum Gasteiger partial charge on any atom is -0.338 e. The lowest BCUT2D eigenvalue weighted by Crippen LogP contribution is -2.52. The maximum absolute atomic E-state index is 13.8. The molecule has 34 heavy (non-hydrogen) atoms. The monoisotopic (exact) mass is 473 g/mol. The smallest absolute Gasteiger partial charge is 0.326 e. The molecule has 3 fully saturated rings.